The smallest absolute Gasteiger partial charge is 0.313 e. The molecule has 5 N–H and O–H groups in total. The number of carbonyl (C=O) groups excluding carboxylic acids is 3. The topological polar surface area (TPSA) is 318 Å². The molecular formula is C57H83F4N7O20S. The maximum atomic E-state index is 14.0. The van der Waals surface area contributed by atoms with Crippen LogP contribution >= 0.6 is 0 Å². The molecule has 1 aliphatic carbocycles. The molecule has 1 atom stereocenters. The van der Waals surface area contributed by atoms with Gasteiger partial charge >= 0.3 is 16.1 Å². The highest BCUT2D eigenvalue weighted by Gasteiger charge is 2.34. The molecule has 0 saturated heterocycles. The molecule has 2 aromatic carbocycles. The van der Waals surface area contributed by atoms with Crippen molar-refractivity contribution in [2.45, 2.75) is 82.4 Å². The highest BCUT2D eigenvalue weighted by Crippen LogP contribution is 2.33. The van der Waals surface area contributed by atoms with Gasteiger partial charge in [-0.05, 0) is 42.9 Å². The zero-order valence-electron chi connectivity index (χ0n) is 50.2. The molecule has 1 fully saturated rings. The Labute approximate surface area is 514 Å². The van der Waals surface area contributed by atoms with Crippen molar-refractivity contribution in [1.29, 1.82) is 0 Å². The van der Waals surface area contributed by atoms with Crippen molar-refractivity contribution in [3.8, 4) is 5.75 Å². The standard InChI is InChI=1S/C57H83F4N7O20S/c1-3-14-68(86-17-13-63-57(75-2)87-44-5-4-6-44)56(71)43-36-46-45(66-47(62)37-43)39-65-67(46)40-42-9-7-41(8-10-42)38-64-48(69)11-15-76-18-20-78-22-24-80-26-28-82-30-32-84-34-35-85-33-31-83-29-27-81-25-23-79-21-19-77-16-12-49(70)88-54-50(58)52(60)55(89(72,73)74)53(61)51(54)59/h7-10,36,39,44,57,63H,3-6,11-35,37-38,40H2,1-2H3,(H2,62,66)(H,64,69)(H,72,73,74). The quantitative estimate of drug-likeness (QED) is 0.00909. The van der Waals surface area contributed by atoms with E-state index in [2.05, 4.69) is 25.5 Å². The zero-order chi connectivity index (χ0) is 64.1. The first-order chi connectivity index (χ1) is 43.1. The van der Waals surface area contributed by atoms with Crippen LogP contribution in [0, 0.1) is 23.3 Å². The second-order valence-electron chi connectivity index (χ2n) is 19.6. The summed E-state index contributed by atoms with van der Waals surface area (Å²) in [5.41, 5.74) is 9.81. The summed E-state index contributed by atoms with van der Waals surface area (Å²) in [5.74, 6) is -12.8. The Morgan fingerprint density at radius 2 is 1.19 bits per heavy atom. The largest absolute Gasteiger partial charge is 0.420 e. The summed E-state index contributed by atoms with van der Waals surface area (Å²) in [6.07, 6.45) is 6.71. The molecule has 1 aliphatic heterocycles. The lowest BCUT2D eigenvalue weighted by atomic mass is 9.96. The van der Waals surface area contributed by atoms with Crippen LogP contribution in [0.5, 0.6) is 5.75 Å². The number of rotatable bonds is 50. The van der Waals surface area contributed by atoms with Crippen molar-refractivity contribution in [3.05, 3.63) is 76.1 Å². The van der Waals surface area contributed by atoms with E-state index in [-0.39, 0.29) is 77.0 Å². The molecule has 3 aromatic rings. The number of carbonyl (C=O) groups is 3. The molecule has 0 radical (unpaired) electrons. The number of benzene rings is 2. The lowest BCUT2D eigenvalue weighted by Crippen LogP contribution is -2.42. The normalized spacial score (nSPS) is 13.8. The number of nitrogens with one attached hydrogen (secondary N) is 2. The Hall–Kier alpha value is -5.66. The van der Waals surface area contributed by atoms with Crippen LogP contribution in [0.2, 0.25) is 0 Å². The van der Waals surface area contributed by atoms with Crippen LogP contribution in [0.3, 0.4) is 0 Å². The number of amidine groups is 1. The average Bonchev–Trinajstić information content (AvgIpc) is 1.32. The van der Waals surface area contributed by atoms with E-state index in [1.165, 1.54) is 5.06 Å². The fraction of sp³-hybridized carbons (Fsp3) is 0.632. The van der Waals surface area contributed by atoms with Crippen molar-refractivity contribution < 1.29 is 111 Å². The average molecular weight is 1290 g/mol. The van der Waals surface area contributed by atoms with Crippen LogP contribution in [0.15, 0.2) is 45.9 Å². The second kappa shape index (κ2) is 42.4. The number of methoxy groups -OCH3 is 1. The number of aromatic nitrogens is 2. The molecule has 5 rings (SSSR count). The lowest BCUT2D eigenvalue weighted by molar-refractivity contribution is -0.198. The monoisotopic (exact) mass is 1290 g/mol. The van der Waals surface area contributed by atoms with Crippen molar-refractivity contribution in [3.63, 3.8) is 0 Å². The molecule has 32 heteroatoms. The SMILES string of the molecule is CCCN(OCCNC(OC)OC1CCC1)C(=O)C1=Cc2c(cnn2Cc2ccc(CNC(=O)CCOCCOCCOCCOCCOCCOCCOCCOCCOCCOCCC(=O)Oc3c(F)c(F)c(S(=O)(=O)O)c(F)c3F)cc2)N=C(N)C1. The van der Waals surface area contributed by atoms with Gasteiger partial charge in [0.25, 0.3) is 5.91 Å². The first kappa shape index (κ1) is 74.1. The van der Waals surface area contributed by atoms with E-state index in [0.29, 0.717) is 148 Å². The number of nitrogens with zero attached hydrogens (tertiary/aromatic N) is 4. The van der Waals surface area contributed by atoms with Crippen molar-refractivity contribution >= 4 is 45.5 Å². The summed E-state index contributed by atoms with van der Waals surface area (Å²) >= 11 is 0. The first-order valence-electron chi connectivity index (χ1n) is 29.2. The third-order valence-corrected chi connectivity index (χ3v) is 13.6. The predicted molar refractivity (Wildman–Crippen MR) is 308 cm³/mol. The molecule has 1 aromatic heterocycles. The van der Waals surface area contributed by atoms with E-state index < -0.39 is 62.8 Å². The molecular weight excluding hydrogens is 1210 g/mol. The van der Waals surface area contributed by atoms with Gasteiger partial charge in [-0.2, -0.15) is 22.3 Å². The van der Waals surface area contributed by atoms with Gasteiger partial charge in [0, 0.05) is 45.2 Å². The Bertz CT molecular complexity index is 2740. The van der Waals surface area contributed by atoms with Crippen LogP contribution in [0.25, 0.3) is 6.08 Å². The molecule has 1 saturated carbocycles. The Morgan fingerprint density at radius 3 is 1.65 bits per heavy atom. The molecule has 2 aliphatic rings. The highest BCUT2D eigenvalue weighted by molar-refractivity contribution is 7.85. The van der Waals surface area contributed by atoms with E-state index >= 15 is 0 Å². The summed E-state index contributed by atoms with van der Waals surface area (Å²) in [4.78, 5) is 46.4. The van der Waals surface area contributed by atoms with Gasteiger partial charge < -0.3 is 72.6 Å². The maximum absolute atomic E-state index is 14.0. The summed E-state index contributed by atoms with van der Waals surface area (Å²) in [7, 11) is -4.07. The molecule has 0 bridgehead atoms. The van der Waals surface area contributed by atoms with Gasteiger partial charge in [-0.25, -0.2) is 18.8 Å². The third-order valence-electron chi connectivity index (χ3n) is 12.8. The van der Waals surface area contributed by atoms with Crippen molar-refractivity contribution in [2.75, 3.05) is 159 Å². The summed E-state index contributed by atoms with van der Waals surface area (Å²) in [6.45, 7) is 9.50. The van der Waals surface area contributed by atoms with Crippen LogP contribution < -0.4 is 21.1 Å². The van der Waals surface area contributed by atoms with E-state index in [0.717, 1.165) is 30.4 Å². The van der Waals surface area contributed by atoms with Gasteiger partial charge in [-0.1, -0.05) is 31.2 Å². The lowest BCUT2D eigenvalue weighted by Gasteiger charge is -2.30. The number of halogens is 4. The summed E-state index contributed by atoms with van der Waals surface area (Å²) in [5, 5.41) is 12.0. The Morgan fingerprint density at radius 1 is 0.708 bits per heavy atom. The number of hydroxylamine groups is 2. The van der Waals surface area contributed by atoms with Gasteiger partial charge in [-0.3, -0.25) is 33.8 Å². The summed E-state index contributed by atoms with van der Waals surface area (Å²) < 4.78 is 158. The first-order valence-corrected chi connectivity index (χ1v) is 30.6. The third kappa shape index (κ3) is 28.2. The molecule has 89 heavy (non-hydrogen) atoms. The van der Waals surface area contributed by atoms with Gasteiger partial charge in [-0.15, -0.1) is 0 Å². The number of nitrogens with two attached hydrogens (primary N) is 1. The van der Waals surface area contributed by atoms with Gasteiger partial charge in [0.2, 0.25) is 29.7 Å². The van der Waals surface area contributed by atoms with E-state index in [4.69, 9.17) is 72.0 Å². The van der Waals surface area contributed by atoms with Gasteiger partial charge in [0.05, 0.1) is 170 Å². The maximum Gasteiger partial charge on any atom is 0.313 e. The van der Waals surface area contributed by atoms with E-state index in [1.807, 2.05) is 31.2 Å². The molecule has 2 amide bonds. The molecule has 2 heterocycles. The number of hydrogen-bond donors (Lipinski definition) is 4. The minimum Gasteiger partial charge on any atom is -0.420 e. The number of amides is 2. The highest BCUT2D eigenvalue weighted by atomic mass is 32.2. The van der Waals surface area contributed by atoms with Crippen LogP contribution in [0.1, 0.15) is 68.7 Å². The number of hydrogen-bond acceptors (Lipinski definition) is 23. The Kier molecular flexibility index (Phi) is 35.3. The van der Waals surface area contributed by atoms with Crippen LogP contribution in [0.4, 0.5) is 23.2 Å². The number of ether oxygens (including phenoxy) is 13. The number of esters is 1. The minimum absolute atomic E-state index is 0.0148. The van der Waals surface area contributed by atoms with Crippen molar-refractivity contribution in [2.24, 2.45) is 10.7 Å². The van der Waals surface area contributed by atoms with Gasteiger partial charge in [0.15, 0.2) is 16.5 Å². The van der Waals surface area contributed by atoms with Crippen molar-refractivity contribution in [1.82, 2.24) is 25.5 Å². The van der Waals surface area contributed by atoms with E-state index in [9.17, 15) is 40.4 Å². The van der Waals surface area contributed by atoms with Gasteiger partial charge in [0.1, 0.15) is 11.5 Å². The van der Waals surface area contributed by atoms with E-state index in [1.54, 1.807) is 24.1 Å². The van der Waals surface area contributed by atoms with Crippen LogP contribution in [-0.2, 0) is 99.3 Å². The minimum atomic E-state index is -5.65. The summed E-state index contributed by atoms with van der Waals surface area (Å²) in [6, 6.07) is 7.81. The predicted octanol–water partition coefficient (Wildman–Crippen LogP) is 3.94. The molecule has 1 unspecified atom stereocenters. The fourth-order valence-corrected chi connectivity index (χ4v) is 8.61. The molecule has 0 spiro atoms. The fourth-order valence-electron chi connectivity index (χ4n) is 7.98. The molecule has 500 valence electrons. The molecule has 27 nitrogen and oxygen atoms in total. The zero-order valence-corrected chi connectivity index (χ0v) is 51.1. The van der Waals surface area contributed by atoms with Crippen LogP contribution in [-0.4, -0.2) is 223 Å². The second-order valence-corrected chi connectivity index (χ2v) is 20.9. The number of fused-ring (bicyclic) bond motifs is 1. The number of aliphatic imine (C=N–C) groups is 1. The Balaban J connectivity index is 0.759.